The molecule has 0 aromatic heterocycles. The molecule has 0 saturated heterocycles. The Labute approximate surface area is 230 Å². The van der Waals surface area contributed by atoms with E-state index >= 15 is 0 Å². The summed E-state index contributed by atoms with van der Waals surface area (Å²) < 4.78 is 0. The molecule has 2 nitrogen and oxygen atoms in total. The number of nitrogens with one attached hydrogen (secondary N) is 2. The first-order valence-electron chi connectivity index (χ1n) is 14.2. The van der Waals surface area contributed by atoms with E-state index in [1.807, 2.05) is 0 Å². The average molecular weight is 537 g/mol. The van der Waals surface area contributed by atoms with Crippen molar-refractivity contribution in [3.8, 4) is 0 Å². The van der Waals surface area contributed by atoms with Gasteiger partial charge in [0.05, 0.1) is 0 Å². The zero-order valence-electron chi connectivity index (χ0n) is 22.1. The number of benzene rings is 4. The maximum Gasteiger partial charge on any atom is 0.0421 e. The molecule has 4 atom stereocenters. The normalized spacial score (nSPS) is 23.9. The van der Waals surface area contributed by atoms with Crippen LogP contribution < -0.4 is 31.9 Å². The smallest absolute Gasteiger partial charge is 0.0421 e. The number of rotatable bonds is 2. The average Bonchev–Trinajstić information content (AvgIpc) is 2.99. The second-order valence-corrected chi connectivity index (χ2v) is 15.2. The van der Waals surface area contributed by atoms with Crippen molar-refractivity contribution in [2.45, 2.75) is 25.7 Å². The molecule has 1 aliphatic heterocycles. The van der Waals surface area contributed by atoms with Crippen molar-refractivity contribution >= 4 is 48.4 Å². The zero-order valence-corrected chi connectivity index (χ0v) is 23.9. The quantitative estimate of drug-likeness (QED) is 0.273. The van der Waals surface area contributed by atoms with Gasteiger partial charge in [-0.1, -0.05) is 110 Å². The van der Waals surface area contributed by atoms with Gasteiger partial charge in [-0.25, -0.2) is 0 Å². The first kappa shape index (κ1) is 25.6. The predicted octanol–water partition coefficient (Wildman–Crippen LogP) is 6.90. The van der Waals surface area contributed by atoms with Crippen molar-refractivity contribution < 1.29 is 0 Å². The van der Waals surface area contributed by atoms with Gasteiger partial charge in [-0.15, -0.1) is 0 Å². The van der Waals surface area contributed by atoms with Crippen LogP contribution in [0.4, 0.5) is 11.4 Å². The molecule has 4 aromatic carbocycles. The zero-order chi connectivity index (χ0) is 25.6. The molecular weight excluding hydrogens is 498 g/mol. The molecule has 2 aliphatic rings. The Bertz CT molecular complexity index is 1210. The highest BCUT2D eigenvalue weighted by atomic mass is 31.1. The molecule has 4 heteroatoms. The number of fused-ring (bicyclic) bond motifs is 3. The Morgan fingerprint density at radius 3 is 1.32 bits per heavy atom. The van der Waals surface area contributed by atoms with Crippen molar-refractivity contribution in [2.75, 3.05) is 36.0 Å². The Balaban J connectivity index is 1.45. The van der Waals surface area contributed by atoms with Gasteiger partial charge in [-0.3, -0.25) is 0 Å². The first-order valence-corrected chi connectivity index (χ1v) is 17.2. The van der Waals surface area contributed by atoms with Crippen LogP contribution in [-0.4, -0.2) is 25.4 Å². The summed E-state index contributed by atoms with van der Waals surface area (Å²) in [4.78, 5) is 0. The van der Waals surface area contributed by atoms with E-state index < -0.39 is 15.8 Å². The van der Waals surface area contributed by atoms with E-state index in [4.69, 9.17) is 0 Å². The van der Waals surface area contributed by atoms with Gasteiger partial charge in [-0.05, 0) is 75.6 Å². The predicted molar refractivity (Wildman–Crippen MR) is 170 cm³/mol. The van der Waals surface area contributed by atoms with E-state index in [0.29, 0.717) is 11.8 Å². The Kier molecular flexibility index (Phi) is 8.40. The minimum absolute atomic E-state index is 0.483. The summed E-state index contributed by atoms with van der Waals surface area (Å²) in [7, 11) is -0.967. The lowest BCUT2D eigenvalue weighted by Crippen LogP contribution is -2.33. The van der Waals surface area contributed by atoms with Crippen LogP contribution in [0.3, 0.4) is 0 Å². The van der Waals surface area contributed by atoms with Gasteiger partial charge < -0.3 is 10.6 Å². The molecule has 1 aliphatic carbocycles. The third-order valence-corrected chi connectivity index (χ3v) is 13.7. The topological polar surface area (TPSA) is 24.1 Å². The third-order valence-electron chi connectivity index (χ3n) is 8.25. The maximum absolute atomic E-state index is 3.97. The van der Waals surface area contributed by atoms with Crippen molar-refractivity contribution in [3.63, 3.8) is 0 Å². The van der Waals surface area contributed by atoms with Gasteiger partial charge in [0, 0.05) is 35.1 Å². The fourth-order valence-corrected chi connectivity index (χ4v) is 11.9. The summed E-state index contributed by atoms with van der Waals surface area (Å²) >= 11 is 0. The van der Waals surface area contributed by atoms with Crippen LogP contribution in [0.1, 0.15) is 25.7 Å². The molecule has 0 bridgehead atoms. The van der Waals surface area contributed by atoms with E-state index in [0.717, 1.165) is 13.1 Å². The number of hydrogen-bond acceptors (Lipinski definition) is 2. The standard InChI is InChI=1S/C34H38N2P2/c1-3-15-29(16-4-1)37-23-24-38(30-17-5-2-6-18-30)34-22-12-10-20-32(34)36-26-28-14-8-7-13-27(28)25-35-31-19-9-11-21-33(31)37/h1-6,9-12,15-22,27-28,35-36H,7-8,13-14,23-26H2/t27-,28-,37+,38+/m1/s1. The minimum atomic E-state index is -0.483. The van der Waals surface area contributed by atoms with Crippen LogP contribution in [-0.2, 0) is 0 Å². The Morgan fingerprint density at radius 1 is 0.474 bits per heavy atom. The van der Waals surface area contributed by atoms with Crippen LogP contribution in [0.2, 0.25) is 0 Å². The second kappa shape index (κ2) is 12.5. The van der Waals surface area contributed by atoms with Crippen molar-refractivity contribution in [2.24, 2.45) is 11.8 Å². The van der Waals surface area contributed by atoms with Crippen LogP contribution in [0.5, 0.6) is 0 Å². The lowest BCUT2D eigenvalue weighted by Gasteiger charge is -2.34. The summed E-state index contributed by atoms with van der Waals surface area (Å²) in [6.07, 6.45) is 7.73. The number of hydrogen-bond donors (Lipinski definition) is 2. The highest BCUT2D eigenvalue weighted by Crippen LogP contribution is 2.44. The van der Waals surface area contributed by atoms with Gasteiger partial charge in [-0.2, -0.15) is 0 Å². The largest absolute Gasteiger partial charge is 0.384 e. The molecule has 1 fully saturated rings. The summed E-state index contributed by atoms with van der Waals surface area (Å²) in [6, 6.07) is 40.9. The second-order valence-electron chi connectivity index (χ2n) is 10.6. The van der Waals surface area contributed by atoms with E-state index in [1.54, 1.807) is 0 Å². The van der Waals surface area contributed by atoms with Crippen molar-refractivity contribution in [3.05, 3.63) is 109 Å². The van der Waals surface area contributed by atoms with Crippen LogP contribution in [0, 0.1) is 11.8 Å². The molecule has 6 rings (SSSR count). The molecule has 0 radical (unpaired) electrons. The lowest BCUT2D eigenvalue weighted by atomic mass is 9.79. The Morgan fingerprint density at radius 2 is 0.868 bits per heavy atom. The highest BCUT2D eigenvalue weighted by Gasteiger charge is 2.28. The number of para-hydroxylation sites is 2. The van der Waals surface area contributed by atoms with Gasteiger partial charge in [0.15, 0.2) is 0 Å². The van der Waals surface area contributed by atoms with Gasteiger partial charge in [0.25, 0.3) is 0 Å². The molecule has 0 unspecified atom stereocenters. The van der Waals surface area contributed by atoms with Gasteiger partial charge >= 0.3 is 0 Å². The molecule has 38 heavy (non-hydrogen) atoms. The molecule has 194 valence electrons. The molecule has 1 saturated carbocycles. The monoisotopic (exact) mass is 536 g/mol. The molecule has 0 spiro atoms. The van der Waals surface area contributed by atoms with Crippen LogP contribution in [0.25, 0.3) is 0 Å². The summed E-state index contributed by atoms with van der Waals surface area (Å²) in [6.45, 7) is 2.14. The van der Waals surface area contributed by atoms with Gasteiger partial charge in [0.2, 0.25) is 0 Å². The highest BCUT2D eigenvalue weighted by molar-refractivity contribution is 7.77. The summed E-state index contributed by atoms with van der Waals surface area (Å²) in [5.74, 6) is 1.41. The maximum atomic E-state index is 3.97. The molecule has 2 N–H and O–H groups in total. The van der Waals surface area contributed by atoms with E-state index in [2.05, 4.69) is 120 Å². The molecule has 1 heterocycles. The fourth-order valence-electron chi connectivity index (χ4n) is 6.21. The van der Waals surface area contributed by atoms with Crippen LogP contribution >= 0.6 is 15.8 Å². The summed E-state index contributed by atoms with van der Waals surface area (Å²) in [5, 5.41) is 13.9. The first-order chi connectivity index (χ1) is 18.9. The van der Waals surface area contributed by atoms with E-state index in [1.165, 1.54) is 70.6 Å². The van der Waals surface area contributed by atoms with E-state index in [9.17, 15) is 0 Å². The van der Waals surface area contributed by atoms with Crippen LogP contribution in [0.15, 0.2) is 109 Å². The molecular formula is C34H38N2P2. The fraction of sp³-hybridized carbons (Fsp3) is 0.294. The van der Waals surface area contributed by atoms with Crippen molar-refractivity contribution in [1.29, 1.82) is 0 Å². The third kappa shape index (κ3) is 5.83. The lowest BCUT2D eigenvalue weighted by molar-refractivity contribution is 0.260. The van der Waals surface area contributed by atoms with E-state index in [-0.39, 0.29) is 0 Å². The SMILES string of the molecule is c1ccc([P@]2CC[P@@](c3ccccc3)c3ccccc3NC[C@H]3CCCC[C@@H]3CNc3ccccc32)cc1. The van der Waals surface area contributed by atoms with Crippen molar-refractivity contribution in [1.82, 2.24) is 0 Å². The Hall–Kier alpha value is -2.66. The van der Waals surface area contributed by atoms with Gasteiger partial charge in [0.1, 0.15) is 0 Å². The minimum Gasteiger partial charge on any atom is -0.384 e. The molecule has 4 aromatic rings. The number of anilines is 2. The summed E-state index contributed by atoms with van der Waals surface area (Å²) in [5.41, 5.74) is 2.70. The molecule has 0 amide bonds.